The summed E-state index contributed by atoms with van der Waals surface area (Å²) in [6.07, 6.45) is 0.732. The third-order valence-corrected chi connectivity index (χ3v) is 5.53. The lowest BCUT2D eigenvalue weighted by Gasteiger charge is -2.17. The Bertz CT molecular complexity index is 1160. The highest BCUT2D eigenvalue weighted by Gasteiger charge is 2.19. The maximum Gasteiger partial charge on any atom is 0.122 e. The summed E-state index contributed by atoms with van der Waals surface area (Å²) in [6.45, 7) is 2.38. The van der Waals surface area contributed by atoms with E-state index in [0.717, 1.165) is 22.1 Å². The first-order valence-corrected chi connectivity index (χ1v) is 9.97. The van der Waals surface area contributed by atoms with Crippen molar-refractivity contribution in [1.82, 2.24) is 4.98 Å². The highest BCUT2D eigenvalue weighted by molar-refractivity contribution is 6.36. The molecule has 0 bridgehead atoms. The molecule has 0 saturated heterocycles. The topological polar surface area (TPSA) is 42.4 Å². The molecule has 1 N–H and O–H groups in total. The van der Waals surface area contributed by atoms with E-state index in [4.69, 9.17) is 27.9 Å². The maximum absolute atomic E-state index is 10.9. The molecule has 0 saturated carbocycles. The number of aromatic nitrogens is 1. The second-order valence-electron chi connectivity index (χ2n) is 6.88. The van der Waals surface area contributed by atoms with Crippen LogP contribution in [0, 0.1) is 6.92 Å². The first-order valence-electron chi connectivity index (χ1n) is 9.22. The molecule has 146 valence electrons. The lowest BCUT2D eigenvalue weighted by molar-refractivity contribution is 0.219. The molecule has 1 heterocycles. The molecule has 0 fully saturated rings. The Morgan fingerprint density at radius 3 is 2.52 bits per heavy atom. The summed E-state index contributed by atoms with van der Waals surface area (Å²) in [4.78, 5) is 4.50. The number of pyridine rings is 1. The predicted molar refractivity (Wildman–Crippen MR) is 118 cm³/mol. The van der Waals surface area contributed by atoms with Crippen molar-refractivity contribution in [1.29, 1.82) is 0 Å². The number of rotatable bonds is 5. The highest BCUT2D eigenvalue weighted by atomic mass is 35.5. The lowest BCUT2D eigenvalue weighted by Crippen LogP contribution is -2.04. The van der Waals surface area contributed by atoms with Crippen LogP contribution < -0.4 is 4.74 Å². The van der Waals surface area contributed by atoms with Gasteiger partial charge in [0.15, 0.2) is 0 Å². The molecular weight excluding hydrogens is 405 g/mol. The van der Waals surface area contributed by atoms with Gasteiger partial charge in [-0.25, -0.2) is 0 Å². The standard InChI is InChI=1S/C24H19Cl2NO2/c1-15-11-17(25)7-9-19(15)24(28)21-13-27-22-12-18(8-10-20(22)23(21)26)29-14-16-5-3-2-4-6-16/h2-13,24,28H,14H2,1H3. The number of aliphatic hydroxyl groups excluding tert-OH is 1. The third kappa shape index (κ3) is 4.23. The summed E-state index contributed by atoms with van der Waals surface area (Å²) in [5.74, 6) is 0.715. The molecule has 29 heavy (non-hydrogen) atoms. The molecule has 0 radical (unpaired) electrons. The first-order chi connectivity index (χ1) is 14.0. The second-order valence-corrected chi connectivity index (χ2v) is 7.70. The van der Waals surface area contributed by atoms with Gasteiger partial charge in [0.1, 0.15) is 18.5 Å². The van der Waals surface area contributed by atoms with Crippen molar-refractivity contribution in [2.45, 2.75) is 19.6 Å². The number of fused-ring (bicyclic) bond motifs is 1. The van der Waals surface area contributed by atoms with Crippen molar-refractivity contribution < 1.29 is 9.84 Å². The fraction of sp³-hybridized carbons (Fsp3) is 0.125. The van der Waals surface area contributed by atoms with Crippen LogP contribution in [0.15, 0.2) is 72.9 Å². The second kappa shape index (κ2) is 8.42. The van der Waals surface area contributed by atoms with Gasteiger partial charge in [-0.1, -0.05) is 59.6 Å². The first kappa shape index (κ1) is 19.7. The zero-order valence-corrected chi connectivity index (χ0v) is 17.3. The number of nitrogens with zero attached hydrogens (tertiary/aromatic N) is 1. The Labute approximate surface area is 179 Å². The van der Waals surface area contributed by atoms with E-state index in [-0.39, 0.29) is 0 Å². The summed E-state index contributed by atoms with van der Waals surface area (Å²) >= 11 is 12.7. The molecule has 4 aromatic rings. The maximum atomic E-state index is 10.9. The van der Waals surface area contributed by atoms with E-state index in [1.807, 2.05) is 67.6 Å². The minimum atomic E-state index is -0.884. The summed E-state index contributed by atoms with van der Waals surface area (Å²) in [7, 11) is 0. The van der Waals surface area contributed by atoms with E-state index in [0.29, 0.717) is 33.5 Å². The molecule has 1 aromatic heterocycles. The van der Waals surface area contributed by atoms with Crippen LogP contribution in [0.3, 0.4) is 0 Å². The Morgan fingerprint density at radius 2 is 1.76 bits per heavy atom. The van der Waals surface area contributed by atoms with Crippen LogP contribution in [0.1, 0.15) is 28.4 Å². The normalized spacial score (nSPS) is 12.1. The summed E-state index contributed by atoms with van der Waals surface area (Å²) in [6, 6.07) is 20.9. The molecular formula is C24H19Cl2NO2. The van der Waals surface area contributed by atoms with Gasteiger partial charge in [0.2, 0.25) is 0 Å². The van der Waals surface area contributed by atoms with E-state index in [1.54, 1.807) is 12.3 Å². The van der Waals surface area contributed by atoms with Crippen LogP contribution in [0.4, 0.5) is 0 Å². The molecule has 5 heteroatoms. The zero-order valence-electron chi connectivity index (χ0n) is 15.8. The Morgan fingerprint density at radius 1 is 0.966 bits per heavy atom. The van der Waals surface area contributed by atoms with Crippen molar-refractivity contribution in [2.24, 2.45) is 0 Å². The molecule has 0 aliphatic carbocycles. The molecule has 3 nitrogen and oxygen atoms in total. The minimum Gasteiger partial charge on any atom is -0.489 e. The van der Waals surface area contributed by atoms with Crippen LogP contribution in [-0.4, -0.2) is 10.1 Å². The van der Waals surface area contributed by atoms with E-state index in [1.165, 1.54) is 0 Å². The van der Waals surface area contributed by atoms with Crippen LogP contribution >= 0.6 is 23.2 Å². The average Bonchev–Trinajstić information content (AvgIpc) is 2.73. The number of aryl methyl sites for hydroxylation is 1. The Hall–Kier alpha value is -2.59. The van der Waals surface area contributed by atoms with Crippen molar-refractivity contribution in [3.05, 3.63) is 105 Å². The van der Waals surface area contributed by atoms with E-state index >= 15 is 0 Å². The van der Waals surface area contributed by atoms with Crippen LogP contribution in [-0.2, 0) is 6.61 Å². The van der Waals surface area contributed by atoms with Gasteiger partial charge in [0.05, 0.1) is 10.5 Å². The molecule has 0 aliphatic rings. The van der Waals surface area contributed by atoms with Gasteiger partial charge in [-0.3, -0.25) is 4.98 Å². The SMILES string of the molecule is Cc1cc(Cl)ccc1C(O)c1cnc2cc(OCc3ccccc3)ccc2c1Cl. The van der Waals surface area contributed by atoms with Gasteiger partial charge in [-0.05, 0) is 47.9 Å². The number of ether oxygens (including phenoxy) is 1. The number of hydrogen-bond donors (Lipinski definition) is 1. The molecule has 4 rings (SSSR count). The summed E-state index contributed by atoms with van der Waals surface area (Å²) < 4.78 is 5.87. The lowest BCUT2D eigenvalue weighted by atomic mass is 9.97. The Balaban J connectivity index is 1.62. The van der Waals surface area contributed by atoms with Crippen molar-refractivity contribution in [2.75, 3.05) is 0 Å². The van der Waals surface area contributed by atoms with Crippen LogP contribution in [0.2, 0.25) is 10.0 Å². The van der Waals surface area contributed by atoms with Gasteiger partial charge in [0, 0.05) is 28.2 Å². The quantitative estimate of drug-likeness (QED) is 0.397. The third-order valence-electron chi connectivity index (χ3n) is 4.87. The van der Waals surface area contributed by atoms with Crippen LogP contribution in [0.5, 0.6) is 5.75 Å². The monoisotopic (exact) mass is 423 g/mol. The summed E-state index contributed by atoms with van der Waals surface area (Å²) in [5.41, 5.74) is 4.01. The number of benzene rings is 3. The van der Waals surface area contributed by atoms with Crippen molar-refractivity contribution in [3.8, 4) is 5.75 Å². The van der Waals surface area contributed by atoms with E-state index < -0.39 is 6.10 Å². The van der Waals surface area contributed by atoms with Crippen molar-refractivity contribution in [3.63, 3.8) is 0 Å². The van der Waals surface area contributed by atoms with Gasteiger partial charge in [-0.15, -0.1) is 0 Å². The molecule has 1 atom stereocenters. The fourth-order valence-electron chi connectivity index (χ4n) is 3.29. The Kier molecular flexibility index (Phi) is 5.72. The number of aliphatic hydroxyl groups is 1. The molecule has 1 unspecified atom stereocenters. The van der Waals surface area contributed by atoms with Gasteiger partial charge >= 0.3 is 0 Å². The van der Waals surface area contributed by atoms with Crippen molar-refractivity contribution >= 4 is 34.1 Å². The van der Waals surface area contributed by atoms with Gasteiger partial charge in [-0.2, -0.15) is 0 Å². The predicted octanol–water partition coefficient (Wildman–Crippen LogP) is 6.51. The zero-order chi connectivity index (χ0) is 20.4. The number of halogens is 2. The van der Waals surface area contributed by atoms with Gasteiger partial charge in [0.25, 0.3) is 0 Å². The minimum absolute atomic E-state index is 0.478. The fourth-order valence-corrected chi connectivity index (χ4v) is 3.83. The molecule has 3 aromatic carbocycles. The molecule has 0 aliphatic heterocycles. The van der Waals surface area contributed by atoms with E-state index in [9.17, 15) is 5.11 Å². The number of hydrogen-bond acceptors (Lipinski definition) is 3. The average molecular weight is 424 g/mol. The van der Waals surface area contributed by atoms with Crippen LogP contribution in [0.25, 0.3) is 10.9 Å². The molecule has 0 amide bonds. The van der Waals surface area contributed by atoms with E-state index in [2.05, 4.69) is 4.98 Å². The van der Waals surface area contributed by atoms with Gasteiger partial charge < -0.3 is 9.84 Å². The highest BCUT2D eigenvalue weighted by Crippen LogP contribution is 2.35. The largest absolute Gasteiger partial charge is 0.489 e. The smallest absolute Gasteiger partial charge is 0.122 e. The summed E-state index contributed by atoms with van der Waals surface area (Å²) in [5, 5.41) is 12.7. The molecule has 0 spiro atoms.